The number of hydrogen-bond acceptors (Lipinski definition) is 7. The number of benzene rings is 2. The number of anilines is 1. The zero-order chi connectivity index (χ0) is 22.8. The number of rotatable bonds is 6. The van der Waals surface area contributed by atoms with Crippen LogP contribution in [-0.4, -0.2) is 40.1 Å². The average molecular weight is 452 g/mol. The van der Waals surface area contributed by atoms with Crippen molar-refractivity contribution in [2.45, 2.75) is 31.2 Å². The van der Waals surface area contributed by atoms with Crippen LogP contribution in [0.1, 0.15) is 39.9 Å². The van der Waals surface area contributed by atoms with Crippen LogP contribution < -0.4 is 10.9 Å². The molecule has 0 bridgehead atoms. The van der Waals surface area contributed by atoms with E-state index in [0.29, 0.717) is 34.5 Å². The quantitative estimate of drug-likeness (QED) is 0.349. The van der Waals surface area contributed by atoms with Crippen LogP contribution in [0.5, 0.6) is 0 Å². The van der Waals surface area contributed by atoms with E-state index in [1.165, 1.54) is 30.8 Å². The molecule has 0 atom stereocenters. The largest absolute Gasteiger partial charge is 0.454 e. The lowest BCUT2D eigenvalue weighted by atomic mass is 10.1. The summed E-state index contributed by atoms with van der Waals surface area (Å²) in [6.45, 7) is 1.60. The van der Waals surface area contributed by atoms with E-state index in [1.807, 2.05) is 6.26 Å². The minimum Gasteiger partial charge on any atom is -0.454 e. The van der Waals surface area contributed by atoms with E-state index in [9.17, 15) is 19.2 Å². The molecule has 32 heavy (non-hydrogen) atoms. The van der Waals surface area contributed by atoms with Gasteiger partial charge in [-0.05, 0) is 43.0 Å². The van der Waals surface area contributed by atoms with E-state index in [-0.39, 0.29) is 17.0 Å². The van der Waals surface area contributed by atoms with Crippen LogP contribution in [-0.2, 0) is 22.5 Å². The van der Waals surface area contributed by atoms with Crippen LogP contribution in [0, 0.1) is 0 Å². The van der Waals surface area contributed by atoms with Crippen molar-refractivity contribution in [3.05, 3.63) is 63.7 Å². The van der Waals surface area contributed by atoms with Crippen molar-refractivity contribution in [3.63, 3.8) is 0 Å². The Hall–Kier alpha value is -3.46. The summed E-state index contributed by atoms with van der Waals surface area (Å²) in [6, 6.07) is 9.51. The van der Waals surface area contributed by atoms with Gasteiger partial charge < -0.3 is 10.1 Å². The van der Waals surface area contributed by atoms with E-state index in [2.05, 4.69) is 10.3 Å². The Morgan fingerprint density at radius 1 is 1.16 bits per heavy atom. The maximum atomic E-state index is 12.5. The summed E-state index contributed by atoms with van der Waals surface area (Å²) in [5.41, 5.74) is 1.40. The molecule has 0 saturated heterocycles. The van der Waals surface area contributed by atoms with Gasteiger partial charge in [-0.25, -0.2) is 9.78 Å². The number of fused-ring (bicyclic) bond motifs is 2. The third-order valence-corrected chi connectivity index (χ3v) is 6.01. The predicted octanol–water partition coefficient (Wildman–Crippen LogP) is 3.06. The van der Waals surface area contributed by atoms with Crippen molar-refractivity contribution >= 4 is 46.0 Å². The average Bonchev–Trinajstić information content (AvgIpc) is 3.25. The van der Waals surface area contributed by atoms with Crippen LogP contribution in [0.15, 0.2) is 46.1 Å². The lowest BCUT2D eigenvalue weighted by molar-refractivity contribution is -0.114. The van der Waals surface area contributed by atoms with E-state index < -0.39 is 18.4 Å². The summed E-state index contributed by atoms with van der Waals surface area (Å²) in [5, 5.41) is 3.14. The molecule has 1 N–H and O–H groups in total. The second kappa shape index (κ2) is 8.96. The Kier molecular flexibility index (Phi) is 6.09. The van der Waals surface area contributed by atoms with Gasteiger partial charge in [0.25, 0.3) is 5.56 Å². The molecule has 2 heterocycles. The first kappa shape index (κ1) is 21.8. The first-order chi connectivity index (χ1) is 15.4. The topological polar surface area (TPSA) is 107 Å². The number of carbonyl (C=O) groups excluding carboxylic acids is 3. The molecule has 0 saturated carbocycles. The number of aromatic nitrogens is 2. The molecule has 0 fully saturated rings. The number of esters is 1. The van der Waals surface area contributed by atoms with Gasteiger partial charge in [0.1, 0.15) is 5.82 Å². The van der Waals surface area contributed by atoms with Crippen LogP contribution in [0.4, 0.5) is 5.69 Å². The highest BCUT2D eigenvalue weighted by molar-refractivity contribution is 7.98. The summed E-state index contributed by atoms with van der Waals surface area (Å²) in [5.74, 6) is -0.601. The number of ketones is 1. The zero-order valence-electron chi connectivity index (χ0n) is 17.6. The number of nitrogens with one attached hydrogen (secondary N) is 1. The van der Waals surface area contributed by atoms with Crippen molar-refractivity contribution in [2.24, 2.45) is 0 Å². The molecule has 4 rings (SSSR count). The zero-order valence-corrected chi connectivity index (χ0v) is 18.5. The molecule has 1 aromatic heterocycles. The Morgan fingerprint density at radius 2 is 1.94 bits per heavy atom. The van der Waals surface area contributed by atoms with Crippen molar-refractivity contribution in [2.75, 3.05) is 18.2 Å². The summed E-state index contributed by atoms with van der Waals surface area (Å²) < 4.78 is 6.86. The standard InChI is InChI=1S/C23H21N3O5S/c1-13(27)24-18-10-14(6-8-20(18)32-2)19(28)12-31-23(30)15-5-7-16-17(11-15)25-21-4-3-9-26(21)22(16)29/h5-8,10-11H,3-4,9,12H2,1-2H3,(H,24,27). The Morgan fingerprint density at radius 3 is 2.69 bits per heavy atom. The number of nitrogens with zero attached hydrogens (tertiary/aromatic N) is 2. The molecule has 1 aliphatic rings. The fourth-order valence-corrected chi connectivity index (χ4v) is 4.21. The number of aryl methyl sites for hydroxylation is 1. The first-order valence-corrected chi connectivity index (χ1v) is 11.3. The van der Waals surface area contributed by atoms with Crippen LogP contribution in [0.2, 0.25) is 0 Å². The highest BCUT2D eigenvalue weighted by Gasteiger charge is 2.18. The van der Waals surface area contributed by atoms with E-state index in [4.69, 9.17) is 4.74 Å². The van der Waals surface area contributed by atoms with Gasteiger partial charge in [-0.1, -0.05) is 6.07 Å². The molecule has 0 aliphatic carbocycles. The number of ether oxygens (including phenoxy) is 1. The van der Waals surface area contributed by atoms with Crippen molar-refractivity contribution in [1.29, 1.82) is 0 Å². The Labute approximate surface area is 188 Å². The predicted molar refractivity (Wildman–Crippen MR) is 121 cm³/mol. The second-order valence-electron chi connectivity index (χ2n) is 7.42. The van der Waals surface area contributed by atoms with Gasteiger partial charge in [0.2, 0.25) is 5.91 Å². The van der Waals surface area contributed by atoms with E-state index in [1.54, 1.807) is 28.8 Å². The lowest BCUT2D eigenvalue weighted by Crippen LogP contribution is -2.21. The third kappa shape index (κ3) is 4.29. The molecule has 2 aromatic carbocycles. The van der Waals surface area contributed by atoms with Crippen LogP contribution >= 0.6 is 11.8 Å². The number of carbonyl (C=O) groups is 3. The molecule has 0 radical (unpaired) electrons. The maximum Gasteiger partial charge on any atom is 0.338 e. The number of amides is 1. The molecule has 0 spiro atoms. The number of thioether (sulfide) groups is 1. The van der Waals surface area contributed by atoms with Gasteiger partial charge in [0.15, 0.2) is 12.4 Å². The minimum absolute atomic E-state index is 0.110. The van der Waals surface area contributed by atoms with Crippen molar-refractivity contribution in [1.82, 2.24) is 9.55 Å². The SMILES string of the molecule is CSc1ccc(C(=O)COC(=O)c2ccc3c(=O)n4c(nc3c2)CCC4)cc1NC(C)=O. The van der Waals surface area contributed by atoms with Crippen molar-refractivity contribution < 1.29 is 19.1 Å². The van der Waals surface area contributed by atoms with Crippen molar-refractivity contribution in [3.8, 4) is 0 Å². The van der Waals surface area contributed by atoms with Gasteiger partial charge >= 0.3 is 5.97 Å². The fraction of sp³-hybridized carbons (Fsp3) is 0.261. The molecule has 0 unspecified atom stereocenters. The summed E-state index contributed by atoms with van der Waals surface area (Å²) in [6.07, 6.45) is 3.46. The summed E-state index contributed by atoms with van der Waals surface area (Å²) in [4.78, 5) is 54.3. The van der Waals surface area contributed by atoms with Gasteiger partial charge in [0, 0.05) is 30.3 Å². The molecule has 1 amide bonds. The number of hydrogen-bond donors (Lipinski definition) is 1. The monoisotopic (exact) mass is 451 g/mol. The normalized spacial score (nSPS) is 12.4. The summed E-state index contributed by atoms with van der Waals surface area (Å²) >= 11 is 1.44. The van der Waals surface area contributed by atoms with Gasteiger partial charge in [-0.15, -0.1) is 11.8 Å². The molecule has 3 aromatic rings. The minimum atomic E-state index is -0.675. The third-order valence-electron chi connectivity index (χ3n) is 5.22. The van der Waals surface area contributed by atoms with E-state index in [0.717, 1.165) is 17.7 Å². The van der Waals surface area contributed by atoms with Crippen LogP contribution in [0.3, 0.4) is 0 Å². The molecular weight excluding hydrogens is 430 g/mol. The van der Waals surface area contributed by atoms with Crippen LogP contribution in [0.25, 0.3) is 10.9 Å². The summed E-state index contributed by atoms with van der Waals surface area (Å²) in [7, 11) is 0. The first-order valence-electron chi connectivity index (χ1n) is 10.1. The van der Waals surface area contributed by atoms with Gasteiger partial charge in [0.05, 0.1) is 22.2 Å². The Balaban J connectivity index is 1.49. The second-order valence-corrected chi connectivity index (χ2v) is 8.26. The van der Waals surface area contributed by atoms with E-state index >= 15 is 0 Å². The fourth-order valence-electron chi connectivity index (χ4n) is 3.68. The highest BCUT2D eigenvalue weighted by Crippen LogP contribution is 2.27. The molecular formula is C23H21N3O5S. The smallest absolute Gasteiger partial charge is 0.338 e. The maximum absolute atomic E-state index is 12.5. The molecule has 9 heteroatoms. The van der Waals surface area contributed by atoms with Gasteiger partial charge in [-0.3, -0.25) is 19.0 Å². The highest BCUT2D eigenvalue weighted by atomic mass is 32.2. The van der Waals surface area contributed by atoms with Gasteiger partial charge in [-0.2, -0.15) is 0 Å². The lowest BCUT2D eigenvalue weighted by Gasteiger charge is -2.10. The number of Topliss-reactive ketones (excluding diaryl/α,β-unsaturated/α-hetero) is 1. The molecule has 8 nitrogen and oxygen atoms in total. The molecule has 164 valence electrons. The Bertz CT molecular complexity index is 1310. The molecule has 1 aliphatic heterocycles.